The summed E-state index contributed by atoms with van der Waals surface area (Å²) < 4.78 is 30.2. The van der Waals surface area contributed by atoms with Crippen LogP contribution in [0.4, 0.5) is 14.6 Å². The lowest BCUT2D eigenvalue weighted by molar-refractivity contribution is 0.0939. The van der Waals surface area contributed by atoms with Gasteiger partial charge in [0.1, 0.15) is 23.4 Å². The SMILES string of the molecule is Cc1nn2ccc3nc2c1C(=O)N[C@H](C)CCc1ncc(F)cc1[C@H]1C[C@H](F)CN31. The van der Waals surface area contributed by atoms with E-state index in [2.05, 4.69) is 20.4 Å². The third-order valence-corrected chi connectivity index (χ3v) is 5.94. The van der Waals surface area contributed by atoms with Gasteiger partial charge in [0.05, 0.1) is 24.5 Å². The quantitative estimate of drug-likeness (QED) is 0.615. The van der Waals surface area contributed by atoms with Crippen molar-refractivity contribution >= 4 is 17.4 Å². The highest BCUT2D eigenvalue weighted by molar-refractivity contribution is 6.01. The van der Waals surface area contributed by atoms with Crippen LogP contribution in [-0.4, -0.2) is 44.2 Å². The molecule has 1 saturated heterocycles. The van der Waals surface area contributed by atoms with E-state index in [-0.39, 0.29) is 31.0 Å². The molecule has 0 unspecified atom stereocenters. The average Bonchev–Trinajstić information content (AvgIpc) is 3.24. The van der Waals surface area contributed by atoms with Crippen LogP contribution in [0.25, 0.3) is 5.65 Å². The van der Waals surface area contributed by atoms with E-state index in [1.165, 1.54) is 12.3 Å². The van der Waals surface area contributed by atoms with Crippen LogP contribution in [0.5, 0.6) is 0 Å². The first-order chi connectivity index (χ1) is 14.4. The number of fused-ring (bicyclic) bond motifs is 5. The van der Waals surface area contributed by atoms with Crippen molar-refractivity contribution in [3.8, 4) is 0 Å². The third-order valence-electron chi connectivity index (χ3n) is 5.94. The number of nitrogens with one attached hydrogen (secondary N) is 1. The molecule has 0 saturated carbocycles. The molecule has 3 aromatic rings. The van der Waals surface area contributed by atoms with Gasteiger partial charge in [-0.15, -0.1) is 0 Å². The Hall–Kier alpha value is -3.10. The Morgan fingerprint density at radius 3 is 3.00 bits per heavy atom. The number of nitrogens with zero attached hydrogens (tertiary/aromatic N) is 5. The Balaban J connectivity index is 1.72. The van der Waals surface area contributed by atoms with E-state index in [0.29, 0.717) is 41.1 Å². The summed E-state index contributed by atoms with van der Waals surface area (Å²) in [6.07, 6.45) is 3.26. The van der Waals surface area contributed by atoms with E-state index in [0.717, 1.165) is 5.69 Å². The maximum Gasteiger partial charge on any atom is 0.257 e. The predicted molar refractivity (Wildman–Crippen MR) is 107 cm³/mol. The van der Waals surface area contributed by atoms with Crippen LogP contribution in [0.2, 0.25) is 0 Å². The van der Waals surface area contributed by atoms with Gasteiger partial charge in [-0.3, -0.25) is 9.78 Å². The molecule has 0 radical (unpaired) electrons. The number of hydrogen-bond acceptors (Lipinski definition) is 5. The molecule has 1 N–H and O–H groups in total. The maximum atomic E-state index is 14.5. The molecular formula is C21H22F2N6O. The summed E-state index contributed by atoms with van der Waals surface area (Å²) in [6, 6.07) is 2.69. The minimum absolute atomic E-state index is 0.135. The number of aromatic nitrogens is 4. The van der Waals surface area contributed by atoms with Gasteiger partial charge < -0.3 is 10.2 Å². The second-order valence-corrected chi connectivity index (χ2v) is 8.12. The fourth-order valence-corrected chi connectivity index (χ4v) is 4.49. The molecule has 3 aromatic heterocycles. The van der Waals surface area contributed by atoms with Crippen LogP contribution in [0.3, 0.4) is 0 Å². The van der Waals surface area contributed by atoms with Crippen molar-refractivity contribution in [2.45, 2.75) is 51.4 Å². The summed E-state index contributed by atoms with van der Waals surface area (Å²) in [4.78, 5) is 23.8. The molecule has 156 valence electrons. The lowest BCUT2D eigenvalue weighted by atomic mass is 9.98. The van der Waals surface area contributed by atoms with Gasteiger partial charge in [-0.1, -0.05) is 0 Å². The average molecular weight is 412 g/mol. The van der Waals surface area contributed by atoms with Gasteiger partial charge in [0.25, 0.3) is 5.91 Å². The first-order valence-electron chi connectivity index (χ1n) is 10.1. The fraction of sp³-hybridized carbons (Fsp3) is 0.429. The van der Waals surface area contributed by atoms with Crippen molar-refractivity contribution in [1.29, 1.82) is 0 Å². The third kappa shape index (κ3) is 3.09. The molecular weight excluding hydrogens is 390 g/mol. The number of carbonyl (C=O) groups is 1. The Morgan fingerprint density at radius 2 is 2.17 bits per heavy atom. The molecule has 1 amide bonds. The Bertz CT molecular complexity index is 1150. The van der Waals surface area contributed by atoms with Crippen LogP contribution in [0, 0.1) is 12.7 Å². The topological polar surface area (TPSA) is 75.4 Å². The standard InChI is InChI=1S/C21H22F2N6O/c1-11-3-4-16-15(7-13(22)9-24-16)17-8-14(23)10-28(17)18-5-6-29-20(26-18)19(12(2)27-29)21(30)25-11/h5-7,9,11,14,17H,3-4,8,10H2,1-2H3,(H,25,30)/t11-,14+,17-/m1/s1. The molecule has 3 atom stereocenters. The molecule has 2 aliphatic heterocycles. The number of halogens is 2. The van der Waals surface area contributed by atoms with Gasteiger partial charge >= 0.3 is 0 Å². The highest BCUT2D eigenvalue weighted by atomic mass is 19.1. The zero-order chi connectivity index (χ0) is 21.0. The molecule has 2 aliphatic rings. The van der Waals surface area contributed by atoms with Gasteiger partial charge in [-0.25, -0.2) is 18.3 Å². The van der Waals surface area contributed by atoms with E-state index < -0.39 is 12.0 Å². The summed E-state index contributed by atoms with van der Waals surface area (Å²) in [6.45, 7) is 3.83. The summed E-state index contributed by atoms with van der Waals surface area (Å²) >= 11 is 0. The summed E-state index contributed by atoms with van der Waals surface area (Å²) in [5.74, 6) is -0.157. The van der Waals surface area contributed by atoms with E-state index in [1.54, 1.807) is 23.7 Å². The zero-order valence-electron chi connectivity index (χ0n) is 16.8. The summed E-state index contributed by atoms with van der Waals surface area (Å²) in [5, 5.41) is 7.40. The lowest BCUT2D eigenvalue weighted by Crippen LogP contribution is -2.33. The van der Waals surface area contributed by atoms with Crippen LogP contribution < -0.4 is 10.2 Å². The van der Waals surface area contributed by atoms with E-state index in [9.17, 15) is 13.6 Å². The molecule has 5 rings (SSSR count). The number of anilines is 1. The van der Waals surface area contributed by atoms with E-state index >= 15 is 0 Å². The lowest BCUT2D eigenvalue weighted by Gasteiger charge is -2.27. The van der Waals surface area contributed by atoms with Gasteiger partial charge in [-0.2, -0.15) is 5.10 Å². The van der Waals surface area contributed by atoms with Crippen LogP contribution in [-0.2, 0) is 6.42 Å². The molecule has 0 spiro atoms. The molecule has 7 nitrogen and oxygen atoms in total. The summed E-state index contributed by atoms with van der Waals surface area (Å²) in [5.41, 5.74) is 2.82. The van der Waals surface area contributed by atoms with E-state index in [1.807, 2.05) is 11.8 Å². The highest BCUT2D eigenvalue weighted by Crippen LogP contribution is 2.38. The minimum Gasteiger partial charge on any atom is -0.349 e. The largest absolute Gasteiger partial charge is 0.349 e. The number of amides is 1. The predicted octanol–water partition coefficient (Wildman–Crippen LogP) is 2.93. The molecule has 9 heteroatoms. The van der Waals surface area contributed by atoms with Crippen molar-refractivity contribution in [3.05, 3.63) is 52.9 Å². The number of aryl methyl sites for hydroxylation is 2. The first kappa shape index (κ1) is 18.9. The molecule has 5 heterocycles. The van der Waals surface area contributed by atoms with Crippen molar-refractivity contribution in [2.75, 3.05) is 11.4 Å². The molecule has 1 fully saturated rings. The Kier molecular flexibility index (Phi) is 4.41. The van der Waals surface area contributed by atoms with E-state index in [4.69, 9.17) is 0 Å². The molecule has 0 aliphatic carbocycles. The minimum atomic E-state index is -1.06. The van der Waals surface area contributed by atoms with Gasteiger partial charge in [-0.05, 0) is 44.4 Å². The van der Waals surface area contributed by atoms with Crippen molar-refractivity contribution in [3.63, 3.8) is 0 Å². The number of rotatable bonds is 0. The maximum absolute atomic E-state index is 14.5. The second kappa shape index (κ2) is 7.00. The van der Waals surface area contributed by atoms with Crippen LogP contribution in [0.1, 0.15) is 53.1 Å². The van der Waals surface area contributed by atoms with Crippen molar-refractivity contribution in [1.82, 2.24) is 24.9 Å². The summed E-state index contributed by atoms with van der Waals surface area (Å²) in [7, 11) is 0. The number of pyridine rings is 1. The monoisotopic (exact) mass is 412 g/mol. The highest BCUT2D eigenvalue weighted by Gasteiger charge is 2.36. The Morgan fingerprint density at radius 1 is 1.33 bits per heavy atom. The van der Waals surface area contributed by atoms with Crippen LogP contribution in [0.15, 0.2) is 24.5 Å². The van der Waals surface area contributed by atoms with Gasteiger partial charge in [0, 0.05) is 24.4 Å². The Labute approximate surface area is 172 Å². The number of hydrogen-bond donors (Lipinski definition) is 1. The normalized spacial score (nSPS) is 24.1. The van der Waals surface area contributed by atoms with Crippen LogP contribution >= 0.6 is 0 Å². The van der Waals surface area contributed by atoms with Crippen molar-refractivity contribution in [2.24, 2.45) is 0 Å². The fourth-order valence-electron chi connectivity index (χ4n) is 4.49. The van der Waals surface area contributed by atoms with Gasteiger partial charge in [0.15, 0.2) is 5.65 Å². The zero-order valence-corrected chi connectivity index (χ0v) is 16.8. The second-order valence-electron chi connectivity index (χ2n) is 8.12. The van der Waals surface area contributed by atoms with Crippen molar-refractivity contribution < 1.29 is 13.6 Å². The molecule has 30 heavy (non-hydrogen) atoms. The first-order valence-corrected chi connectivity index (χ1v) is 10.1. The smallest absolute Gasteiger partial charge is 0.257 e. The molecule has 0 aromatic carbocycles. The number of carbonyl (C=O) groups excluding carboxylic acids is 1. The molecule has 2 bridgehead atoms. The van der Waals surface area contributed by atoms with Gasteiger partial charge in [0.2, 0.25) is 0 Å². The number of alkyl halides is 1.